The molecule has 1 rings (SSSR count). The van der Waals surface area contributed by atoms with Gasteiger partial charge in [0.15, 0.2) is 5.96 Å². The van der Waals surface area contributed by atoms with Crippen LogP contribution in [0, 0.1) is 0 Å². The largest absolute Gasteiger partial charge is 0.382 e. The zero-order chi connectivity index (χ0) is 13.8. The van der Waals surface area contributed by atoms with Gasteiger partial charge >= 0.3 is 0 Å². The second-order valence-electron chi connectivity index (χ2n) is 4.21. The molecule has 0 atom stereocenters. The highest BCUT2D eigenvalue weighted by atomic mass is 127. The Hall–Kier alpha value is -0.820. The summed E-state index contributed by atoms with van der Waals surface area (Å²) in [7, 11) is 1.79. The highest BCUT2D eigenvalue weighted by Crippen LogP contribution is 1.97. The average molecular weight is 391 g/mol. The summed E-state index contributed by atoms with van der Waals surface area (Å²) >= 11 is 0. The molecular weight excluding hydrogens is 365 g/mol. The zero-order valence-corrected chi connectivity index (χ0v) is 14.7. The Balaban J connectivity index is 0.00000361. The second-order valence-corrected chi connectivity index (χ2v) is 4.21. The van der Waals surface area contributed by atoms with Gasteiger partial charge in [0.05, 0.1) is 0 Å². The van der Waals surface area contributed by atoms with Crippen LogP contribution < -0.4 is 10.6 Å². The Bertz CT molecular complexity index is 357. The van der Waals surface area contributed by atoms with Gasteiger partial charge < -0.3 is 15.4 Å². The maximum atomic E-state index is 5.29. The van der Waals surface area contributed by atoms with Gasteiger partial charge in [-0.3, -0.25) is 4.99 Å². The van der Waals surface area contributed by atoms with Crippen LogP contribution in [0.3, 0.4) is 0 Å². The van der Waals surface area contributed by atoms with E-state index in [1.54, 1.807) is 7.05 Å². The average Bonchev–Trinajstić information content (AvgIpc) is 2.46. The van der Waals surface area contributed by atoms with E-state index in [2.05, 4.69) is 39.9 Å². The van der Waals surface area contributed by atoms with E-state index in [1.165, 1.54) is 5.56 Å². The first kappa shape index (κ1) is 19.2. The van der Waals surface area contributed by atoms with E-state index in [0.717, 1.165) is 45.1 Å². The van der Waals surface area contributed by atoms with Gasteiger partial charge in [-0.15, -0.1) is 24.0 Å². The highest BCUT2D eigenvalue weighted by Gasteiger charge is 1.97. The number of aliphatic imine (C=N–C) groups is 1. The summed E-state index contributed by atoms with van der Waals surface area (Å²) in [5.74, 6) is 0.854. The van der Waals surface area contributed by atoms with Gasteiger partial charge in [-0.05, 0) is 25.3 Å². The molecule has 1 aromatic carbocycles. The lowest BCUT2D eigenvalue weighted by atomic mass is 10.1. The minimum atomic E-state index is 0. The van der Waals surface area contributed by atoms with Crippen molar-refractivity contribution in [2.75, 3.05) is 33.4 Å². The van der Waals surface area contributed by atoms with Crippen LogP contribution in [0.1, 0.15) is 18.9 Å². The van der Waals surface area contributed by atoms with Crippen LogP contribution >= 0.6 is 24.0 Å². The number of ether oxygens (including phenoxy) is 1. The summed E-state index contributed by atoms with van der Waals surface area (Å²) in [4.78, 5) is 4.19. The topological polar surface area (TPSA) is 45.6 Å². The van der Waals surface area contributed by atoms with Crippen molar-refractivity contribution in [3.8, 4) is 0 Å². The summed E-state index contributed by atoms with van der Waals surface area (Å²) in [6.07, 6.45) is 1.99. The summed E-state index contributed by atoms with van der Waals surface area (Å²) in [6, 6.07) is 10.4. The van der Waals surface area contributed by atoms with Crippen molar-refractivity contribution in [1.29, 1.82) is 0 Å². The quantitative estimate of drug-likeness (QED) is 0.310. The molecule has 1 aromatic rings. The number of rotatable bonds is 8. The standard InChI is InChI=1S/C15H25N3O.HI/c1-3-19-13-7-11-17-15(16-2)18-12-10-14-8-5-4-6-9-14;/h4-6,8-9H,3,7,10-13H2,1-2H3,(H2,16,17,18);1H. The molecule has 0 amide bonds. The van der Waals surface area contributed by atoms with Gasteiger partial charge in [0.1, 0.15) is 0 Å². The maximum Gasteiger partial charge on any atom is 0.190 e. The molecule has 0 bridgehead atoms. The summed E-state index contributed by atoms with van der Waals surface area (Å²) in [5.41, 5.74) is 1.33. The lowest BCUT2D eigenvalue weighted by Crippen LogP contribution is -2.39. The van der Waals surface area contributed by atoms with Crippen molar-refractivity contribution in [3.63, 3.8) is 0 Å². The summed E-state index contributed by atoms with van der Waals surface area (Å²) < 4.78 is 5.29. The molecule has 0 radical (unpaired) electrons. The monoisotopic (exact) mass is 391 g/mol. The van der Waals surface area contributed by atoms with Crippen molar-refractivity contribution in [2.45, 2.75) is 19.8 Å². The molecule has 0 saturated heterocycles. The van der Waals surface area contributed by atoms with Crippen LogP contribution in [0.4, 0.5) is 0 Å². The lowest BCUT2D eigenvalue weighted by Gasteiger charge is -2.11. The second kappa shape index (κ2) is 13.2. The lowest BCUT2D eigenvalue weighted by molar-refractivity contribution is 0.145. The Morgan fingerprint density at radius 1 is 1.15 bits per heavy atom. The highest BCUT2D eigenvalue weighted by molar-refractivity contribution is 14.0. The minimum absolute atomic E-state index is 0. The fourth-order valence-electron chi connectivity index (χ4n) is 1.72. The number of hydrogen-bond donors (Lipinski definition) is 2. The van der Waals surface area contributed by atoms with Gasteiger partial charge in [0.25, 0.3) is 0 Å². The number of nitrogens with zero attached hydrogens (tertiary/aromatic N) is 1. The minimum Gasteiger partial charge on any atom is -0.382 e. The molecule has 4 nitrogen and oxygen atoms in total. The molecule has 0 unspecified atom stereocenters. The SMILES string of the molecule is CCOCCCNC(=NC)NCCc1ccccc1.I. The Kier molecular flexibility index (Phi) is 12.6. The smallest absolute Gasteiger partial charge is 0.190 e. The van der Waals surface area contributed by atoms with Gasteiger partial charge in [0, 0.05) is 33.4 Å². The van der Waals surface area contributed by atoms with E-state index in [0.29, 0.717) is 0 Å². The molecule has 5 heteroatoms. The third kappa shape index (κ3) is 9.14. The van der Waals surface area contributed by atoms with Gasteiger partial charge in [-0.1, -0.05) is 30.3 Å². The Morgan fingerprint density at radius 3 is 2.50 bits per heavy atom. The first-order chi connectivity index (χ1) is 9.36. The van der Waals surface area contributed by atoms with E-state index in [-0.39, 0.29) is 24.0 Å². The fourth-order valence-corrected chi connectivity index (χ4v) is 1.72. The number of hydrogen-bond acceptors (Lipinski definition) is 2. The molecule has 0 aliphatic carbocycles. The van der Waals surface area contributed by atoms with E-state index in [4.69, 9.17) is 4.74 Å². The van der Waals surface area contributed by atoms with Crippen molar-refractivity contribution < 1.29 is 4.74 Å². The van der Waals surface area contributed by atoms with Crippen molar-refractivity contribution in [3.05, 3.63) is 35.9 Å². The van der Waals surface area contributed by atoms with E-state index < -0.39 is 0 Å². The van der Waals surface area contributed by atoms with E-state index in [1.807, 2.05) is 13.0 Å². The predicted molar refractivity (Wildman–Crippen MR) is 96.0 cm³/mol. The van der Waals surface area contributed by atoms with Crippen molar-refractivity contribution in [2.24, 2.45) is 4.99 Å². The van der Waals surface area contributed by atoms with Gasteiger partial charge in [-0.2, -0.15) is 0 Å². The van der Waals surface area contributed by atoms with Crippen LogP contribution in [0.15, 0.2) is 35.3 Å². The van der Waals surface area contributed by atoms with Crippen LogP contribution in [-0.2, 0) is 11.2 Å². The molecular formula is C15H26IN3O. The first-order valence-electron chi connectivity index (χ1n) is 6.93. The van der Waals surface area contributed by atoms with E-state index in [9.17, 15) is 0 Å². The molecule has 0 fully saturated rings. The molecule has 0 heterocycles. The molecule has 0 aliphatic heterocycles. The Morgan fingerprint density at radius 2 is 1.85 bits per heavy atom. The first-order valence-corrected chi connectivity index (χ1v) is 6.93. The number of guanidine groups is 1. The number of nitrogens with one attached hydrogen (secondary N) is 2. The molecule has 2 N–H and O–H groups in total. The molecule has 0 aromatic heterocycles. The third-order valence-corrected chi connectivity index (χ3v) is 2.73. The molecule has 0 aliphatic rings. The molecule has 20 heavy (non-hydrogen) atoms. The fraction of sp³-hybridized carbons (Fsp3) is 0.533. The molecule has 114 valence electrons. The van der Waals surface area contributed by atoms with Crippen LogP contribution in [0.5, 0.6) is 0 Å². The van der Waals surface area contributed by atoms with Crippen molar-refractivity contribution in [1.82, 2.24) is 10.6 Å². The summed E-state index contributed by atoms with van der Waals surface area (Å²) in [6.45, 7) is 5.35. The molecule has 0 spiro atoms. The van der Waals surface area contributed by atoms with Crippen LogP contribution in [0.25, 0.3) is 0 Å². The third-order valence-electron chi connectivity index (χ3n) is 2.73. The zero-order valence-electron chi connectivity index (χ0n) is 12.4. The summed E-state index contributed by atoms with van der Waals surface area (Å²) in [5, 5.41) is 6.58. The number of halogens is 1. The normalized spacial score (nSPS) is 10.8. The van der Waals surface area contributed by atoms with Gasteiger partial charge in [0.2, 0.25) is 0 Å². The maximum absolute atomic E-state index is 5.29. The van der Waals surface area contributed by atoms with Crippen LogP contribution in [-0.4, -0.2) is 39.3 Å². The van der Waals surface area contributed by atoms with Crippen molar-refractivity contribution >= 4 is 29.9 Å². The van der Waals surface area contributed by atoms with E-state index >= 15 is 0 Å². The number of benzene rings is 1. The Labute approximate surface area is 139 Å². The van der Waals surface area contributed by atoms with Gasteiger partial charge in [-0.25, -0.2) is 0 Å². The predicted octanol–water partition coefficient (Wildman–Crippen LogP) is 2.44. The molecule has 0 saturated carbocycles. The van der Waals surface area contributed by atoms with Crippen LogP contribution in [0.2, 0.25) is 0 Å².